The highest BCUT2D eigenvalue weighted by molar-refractivity contribution is 7.92. The van der Waals surface area contributed by atoms with E-state index in [2.05, 4.69) is 26.8 Å². The van der Waals surface area contributed by atoms with Crippen molar-refractivity contribution in [2.45, 2.75) is 65.5 Å². The normalized spacial score (nSPS) is 16.9. The Morgan fingerprint density at radius 1 is 0.940 bits per heavy atom. The summed E-state index contributed by atoms with van der Waals surface area (Å²) in [7, 11) is -2.19. The predicted octanol–water partition coefficient (Wildman–Crippen LogP) is 5.17. The number of H-pyrrole nitrogens is 1. The van der Waals surface area contributed by atoms with Crippen LogP contribution in [0.2, 0.25) is 0 Å². The van der Waals surface area contributed by atoms with Crippen molar-refractivity contribution in [3.8, 4) is 5.75 Å². The number of para-hydroxylation sites is 1. The molecule has 50 heavy (non-hydrogen) atoms. The Labute approximate surface area is 294 Å². The van der Waals surface area contributed by atoms with E-state index < -0.39 is 21.5 Å². The minimum atomic E-state index is -3.62. The van der Waals surface area contributed by atoms with Gasteiger partial charge in [0.25, 0.3) is 5.91 Å². The summed E-state index contributed by atoms with van der Waals surface area (Å²) in [5.41, 5.74) is 2.69. The molecule has 0 saturated carbocycles. The monoisotopic (exact) mass is 710 g/mol. The summed E-state index contributed by atoms with van der Waals surface area (Å²) >= 11 is 0. The number of nitrogens with one attached hydrogen (secondary N) is 3. The molecule has 3 heterocycles. The number of rotatable bonds is 8. The number of fused-ring (bicyclic) bond motifs is 1. The van der Waals surface area contributed by atoms with Gasteiger partial charge in [-0.2, -0.15) is 0 Å². The van der Waals surface area contributed by atoms with Gasteiger partial charge in [-0.15, -0.1) is 0 Å². The van der Waals surface area contributed by atoms with Crippen LogP contribution in [0.25, 0.3) is 10.9 Å². The second-order valence-electron chi connectivity index (χ2n) is 15.3. The van der Waals surface area contributed by atoms with E-state index in [9.17, 15) is 22.8 Å². The van der Waals surface area contributed by atoms with Crippen LogP contribution in [0, 0.1) is 5.92 Å². The Bertz CT molecular complexity index is 1880. The quantitative estimate of drug-likeness (QED) is 0.290. The molecule has 0 aliphatic carbocycles. The molecule has 1 aromatic heterocycles. The molecule has 5 rings (SSSR count). The van der Waals surface area contributed by atoms with Gasteiger partial charge in [0.05, 0.1) is 36.2 Å². The first-order valence-corrected chi connectivity index (χ1v) is 18.8. The summed E-state index contributed by atoms with van der Waals surface area (Å²) in [4.78, 5) is 48.3. The lowest BCUT2D eigenvalue weighted by molar-refractivity contribution is -0.142. The SMILES string of the molecule is COc1c(NC(=O)c2cc3cccc(C(C)N4CCN(C(=O)C5CN(C(=O)OC(C)(C)C)C5)CC4)c3[nH]2)cc(C(C)(C)C)cc1NS(C)(=O)=O. The van der Waals surface area contributed by atoms with Crippen molar-refractivity contribution in [3.63, 3.8) is 0 Å². The predicted molar refractivity (Wildman–Crippen MR) is 194 cm³/mol. The molecule has 14 heteroatoms. The van der Waals surface area contributed by atoms with Crippen molar-refractivity contribution in [1.82, 2.24) is 19.7 Å². The molecule has 2 aliphatic rings. The number of anilines is 2. The summed E-state index contributed by atoms with van der Waals surface area (Å²) in [6.45, 7) is 16.9. The number of carbonyl (C=O) groups excluding carboxylic acids is 3. The lowest BCUT2D eigenvalue weighted by Crippen LogP contribution is -2.59. The number of aromatic amines is 1. The number of aromatic nitrogens is 1. The summed E-state index contributed by atoms with van der Waals surface area (Å²) in [5, 5.41) is 3.81. The van der Waals surface area contributed by atoms with Gasteiger partial charge in [0.2, 0.25) is 15.9 Å². The van der Waals surface area contributed by atoms with Crippen molar-refractivity contribution in [2.75, 3.05) is 62.7 Å². The van der Waals surface area contributed by atoms with Crippen LogP contribution in [-0.4, -0.2) is 104 Å². The van der Waals surface area contributed by atoms with Gasteiger partial charge in [-0.05, 0) is 62.4 Å². The Hall–Kier alpha value is -4.30. The van der Waals surface area contributed by atoms with E-state index in [0.717, 1.165) is 28.3 Å². The molecule has 2 saturated heterocycles. The fourth-order valence-electron chi connectivity index (χ4n) is 6.38. The molecule has 0 radical (unpaired) electrons. The van der Waals surface area contributed by atoms with Crippen LogP contribution in [0.1, 0.15) is 76.1 Å². The molecule has 2 aromatic carbocycles. The number of likely N-dealkylation sites (tertiary alicyclic amines) is 1. The molecule has 1 atom stereocenters. The van der Waals surface area contributed by atoms with Crippen molar-refractivity contribution in [2.24, 2.45) is 5.92 Å². The largest absolute Gasteiger partial charge is 0.492 e. The summed E-state index contributed by atoms with van der Waals surface area (Å²) in [6.07, 6.45) is 0.680. The number of ether oxygens (including phenoxy) is 2. The van der Waals surface area contributed by atoms with Gasteiger partial charge in [0.1, 0.15) is 11.3 Å². The van der Waals surface area contributed by atoms with E-state index in [1.54, 1.807) is 23.1 Å². The number of hydrogen-bond acceptors (Lipinski definition) is 8. The van der Waals surface area contributed by atoms with Crippen LogP contribution >= 0.6 is 0 Å². The molecule has 1 unspecified atom stereocenters. The number of hydrogen-bond donors (Lipinski definition) is 3. The lowest BCUT2D eigenvalue weighted by atomic mass is 9.86. The molecule has 0 bridgehead atoms. The minimum Gasteiger partial charge on any atom is -0.492 e. The molecular weight excluding hydrogens is 660 g/mol. The molecule has 3 N–H and O–H groups in total. The van der Waals surface area contributed by atoms with E-state index in [0.29, 0.717) is 50.6 Å². The standard InChI is InChI=1S/C36H50N6O7S/c1-22(40-13-15-41(16-14-40)33(44)24-20-42(21-24)34(45)49-36(5,6)7)26-12-10-11-23-17-29(37-30(23)26)32(43)38-27-18-25(35(2,3)4)19-28(31(27)48-8)39-50(9,46)47/h10-12,17-19,22,24,37,39H,13-16,20-21H2,1-9H3,(H,38,43). The Morgan fingerprint density at radius 2 is 1.58 bits per heavy atom. The highest BCUT2D eigenvalue weighted by Gasteiger charge is 2.40. The zero-order chi connectivity index (χ0) is 36.8. The highest BCUT2D eigenvalue weighted by atomic mass is 32.2. The number of nitrogens with zero attached hydrogens (tertiary/aromatic N) is 3. The van der Waals surface area contributed by atoms with E-state index in [1.165, 1.54) is 7.11 Å². The van der Waals surface area contributed by atoms with Crippen LogP contribution in [0.15, 0.2) is 36.4 Å². The van der Waals surface area contributed by atoms with Crippen LogP contribution < -0.4 is 14.8 Å². The van der Waals surface area contributed by atoms with Crippen molar-refractivity contribution < 1.29 is 32.3 Å². The van der Waals surface area contributed by atoms with Gasteiger partial charge in [-0.3, -0.25) is 19.2 Å². The maximum atomic E-state index is 13.7. The molecule has 3 amide bonds. The average Bonchev–Trinajstić information content (AvgIpc) is 3.43. The van der Waals surface area contributed by atoms with Crippen LogP contribution in [0.5, 0.6) is 5.75 Å². The van der Waals surface area contributed by atoms with E-state index in [-0.39, 0.29) is 40.8 Å². The first-order valence-electron chi connectivity index (χ1n) is 16.9. The Kier molecular flexibility index (Phi) is 10.2. The van der Waals surface area contributed by atoms with E-state index in [4.69, 9.17) is 9.47 Å². The fraction of sp³-hybridized carbons (Fsp3) is 0.528. The van der Waals surface area contributed by atoms with E-state index in [1.807, 2.05) is 64.6 Å². The molecule has 2 aliphatic heterocycles. The minimum absolute atomic E-state index is 0.00469. The number of sulfonamides is 1. The number of amides is 3. The van der Waals surface area contributed by atoms with E-state index >= 15 is 0 Å². The summed E-state index contributed by atoms with van der Waals surface area (Å²) in [5.74, 6) is -0.328. The zero-order valence-electron chi connectivity index (χ0n) is 30.5. The molecule has 3 aromatic rings. The maximum absolute atomic E-state index is 13.7. The first-order chi connectivity index (χ1) is 23.2. The number of methoxy groups -OCH3 is 1. The second kappa shape index (κ2) is 13.8. The van der Waals surface area contributed by atoms with Crippen LogP contribution in [-0.2, 0) is 25.0 Å². The number of benzene rings is 2. The van der Waals surface area contributed by atoms with Gasteiger partial charge in [0.15, 0.2) is 5.75 Å². The van der Waals surface area contributed by atoms with Crippen molar-refractivity contribution in [1.29, 1.82) is 0 Å². The van der Waals surface area contributed by atoms with Gasteiger partial charge in [-0.1, -0.05) is 39.0 Å². The number of carbonyl (C=O) groups is 3. The maximum Gasteiger partial charge on any atom is 0.410 e. The third kappa shape index (κ3) is 8.35. The third-order valence-electron chi connectivity index (χ3n) is 9.14. The molecule has 2 fully saturated rings. The molecule has 13 nitrogen and oxygen atoms in total. The Morgan fingerprint density at radius 3 is 2.16 bits per heavy atom. The number of piperazine rings is 1. The second-order valence-corrected chi connectivity index (χ2v) is 17.0. The Balaban J connectivity index is 1.27. The smallest absolute Gasteiger partial charge is 0.410 e. The van der Waals surface area contributed by atoms with Crippen LogP contribution in [0.3, 0.4) is 0 Å². The van der Waals surface area contributed by atoms with Crippen molar-refractivity contribution >= 4 is 50.2 Å². The molecule has 272 valence electrons. The fourth-order valence-corrected chi connectivity index (χ4v) is 6.94. The zero-order valence-corrected chi connectivity index (χ0v) is 31.3. The third-order valence-corrected chi connectivity index (χ3v) is 9.73. The molecule has 0 spiro atoms. The first kappa shape index (κ1) is 37.0. The lowest BCUT2D eigenvalue weighted by Gasteiger charge is -2.43. The van der Waals surface area contributed by atoms with Gasteiger partial charge < -0.3 is 29.6 Å². The summed E-state index contributed by atoms with van der Waals surface area (Å²) < 4.78 is 37.8. The van der Waals surface area contributed by atoms with Gasteiger partial charge >= 0.3 is 6.09 Å². The van der Waals surface area contributed by atoms with Gasteiger partial charge in [0, 0.05) is 50.7 Å². The topological polar surface area (TPSA) is 153 Å². The van der Waals surface area contributed by atoms with Gasteiger partial charge in [-0.25, -0.2) is 13.2 Å². The highest BCUT2D eigenvalue weighted by Crippen LogP contribution is 2.39. The molecular formula is C36H50N6O7S. The van der Waals surface area contributed by atoms with Crippen molar-refractivity contribution in [3.05, 3.63) is 53.2 Å². The summed E-state index contributed by atoms with van der Waals surface area (Å²) in [6, 6.07) is 11.3. The van der Waals surface area contributed by atoms with Crippen LogP contribution in [0.4, 0.5) is 16.2 Å². The average molecular weight is 711 g/mol.